The molecule has 0 amide bonds. The van der Waals surface area contributed by atoms with Crippen LogP contribution in [0.3, 0.4) is 0 Å². The van der Waals surface area contributed by atoms with E-state index in [1.54, 1.807) is 14.0 Å². The average Bonchev–Trinajstić information content (AvgIpc) is 2.70. The Morgan fingerprint density at radius 1 is 1.40 bits per heavy atom. The Morgan fingerprint density at radius 3 is 2.55 bits per heavy atom. The molecule has 0 aliphatic rings. The van der Waals surface area contributed by atoms with Crippen molar-refractivity contribution >= 4 is 5.97 Å². The molecule has 5 nitrogen and oxygen atoms in total. The molecule has 0 bridgehead atoms. The molecule has 1 rings (SSSR count). The van der Waals surface area contributed by atoms with E-state index in [9.17, 15) is 4.79 Å². The Labute approximate surface area is 120 Å². The van der Waals surface area contributed by atoms with Gasteiger partial charge in [-0.1, -0.05) is 13.8 Å². The molecule has 0 radical (unpaired) electrons. The van der Waals surface area contributed by atoms with Crippen molar-refractivity contribution in [2.45, 2.75) is 53.1 Å². The van der Waals surface area contributed by atoms with Gasteiger partial charge in [-0.15, -0.1) is 0 Å². The van der Waals surface area contributed by atoms with Crippen molar-refractivity contribution in [3.05, 3.63) is 17.3 Å². The van der Waals surface area contributed by atoms with E-state index in [2.05, 4.69) is 18.8 Å². The lowest BCUT2D eigenvalue weighted by atomic mass is 10.1. The fraction of sp³-hybridized carbons (Fsp3) is 0.733. The number of nitrogens with zero attached hydrogens (tertiary/aromatic N) is 1. The smallest absolute Gasteiger partial charge is 0.376 e. The second kappa shape index (κ2) is 6.88. The van der Waals surface area contributed by atoms with Gasteiger partial charge in [-0.3, -0.25) is 0 Å². The summed E-state index contributed by atoms with van der Waals surface area (Å²) < 4.78 is 16.0. The van der Waals surface area contributed by atoms with Crippen LogP contribution in [0.1, 0.15) is 56.8 Å². The molecule has 0 unspecified atom stereocenters. The van der Waals surface area contributed by atoms with Crippen LogP contribution in [0.4, 0.5) is 0 Å². The Morgan fingerprint density at radius 2 is 2.05 bits per heavy atom. The lowest BCUT2D eigenvalue weighted by molar-refractivity contribution is 0.0173. The highest BCUT2D eigenvalue weighted by molar-refractivity contribution is 5.87. The molecule has 0 saturated heterocycles. The number of hydrogen-bond acceptors (Lipinski definition) is 5. The summed E-state index contributed by atoms with van der Waals surface area (Å²) in [5.74, 6) is 0.673. The topological polar surface area (TPSA) is 61.6 Å². The summed E-state index contributed by atoms with van der Waals surface area (Å²) in [6.45, 7) is 10.1. The van der Waals surface area contributed by atoms with Gasteiger partial charge in [0.15, 0.2) is 5.89 Å². The average molecular weight is 283 g/mol. The third-order valence-electron chi connectivity index (χ3n) is 2.93. The molecule has 1 aromatic heterocycles. The molecule has 0 spiro atoms. The van der Waals surface area contributed by atoms with Gasteiger partial charge in [0.2, 0.25) is 5.76 Å². The Kier molecular flexibility index (Phi) is 5.74. The first kappa shape index (κ1) is 16.7. The Balaban J connectivity index is 3.02. The molecule has 0 N–H and O–H groups in total. The van der Waals surface area contributed by atoms with Gasteiger partial charge in [-0.2, -0.15) is 0 Å². The summed E-state index contributed by atoms with van der Waals surface area (Å²) in [7, 11) is 1.64. The molecular weight excluding hydrogens is 258 g/mol. The van der Waals surface area contributed by atoms with E-state index in [1.807, 2.05) is 13.8 Å². The van der Waals surface area contributed by atoms with Gasteiger partial charge in [0.1, 0.15) is 0 Å². The van der Waals surface area contributed by atoms with Crippen LogP contribution >= 0.6 is 0 Å². The summed E-state index contributed by atoms with van der Waals surface area (Å²) in [5.41, 5.74) is 0.284. The third kappa shape index (κ3) is 4.63. The van der Waals surface area contributed by atoms with Gasteiger partial charge in [0.25, 0.3) is 0 Å². The molecule has 1 aromatic rings. The highest BCUT2D eigenvalue weighted by Gasteiger charge is 2.26. The van der Waals surface area contributed by atoms with Crippen molar-refractivity contribution in [3.63, 3.8) is 0 Å². The number of oxazole rings is 1. The van der Waals surface area contributed by atoms with E-state index in [1.165, 1.54) is 0 Å². The van der Waals surface area contributed by atoms with Crippen molar-refractivity contribution in [1.29, 1.82) is 0 Å². The zero-order valence-corrected chi connectivity index (χ0v) is 13.3. The van der Waals surface area contributed by atoms with Crippen molar-refractivity contribution in [2.75, 3.05) is 13.7 Å². The fourth-order valence-electron chi connectivity index (χ4n) is 1.79. The minimum atomic E-state index is -0.447. The molecule has 20 heavy (non-hydrogen) atoms. The maximum atomic E-state index is 11.9. The highest BCUT2D eigenvalue weighted by atomic mass is 16.5. The predicted octanol–water partition coefficient (Wildman–Crippen LogP) is 3.02. The fourth-order valence-corrected chi connectivity index (χ4v) is 1.79. The van der Waals surface area contributed by atoms with E-state index in [0.717, 1.165) is 0 Å². The molecule has 114 valence electrons. The van der Waals surface area contributed by atoms with Crippen LogP contribution in [0, 0.1) is 5.92 Å². The summed E-state index contributed by atoms with van der Waals surface area (Å²) >= 11 is 0. The number of ether oxygens (including phenoxy) is 2. The van der Waals surface area contributed by atoms with E-state index in [-0.39, 0.29) is 11.4 Å². The lowest BCUT2D eigenvalue weighted by Crippen LogP contribution is -2.25. The van der Waals surface area contributed by atoms with Crippen molar-refractivity contribution in [1.82, 2.24) is 4.98 Å². The molecule has 0 aromatic carbocycles. The van der Waals surface area contributed by atoms with Gasteiger partial charge in [0.05, 0.1) is 24.3 Å². The SMILES string of the molecule is CCOC(=O)c1oc(CC(C)(C)OC)nc1CC(C)C. The molecular formula is C15H25NO4. The molecule has 0 saturated carbocycles. The monoisotopic (exact) mass is 283 g/mol. The van der Waals surface area contributed by atoms with Gasteiger partial charge in [-0.05, 0) is 33.1 Å². The summed E-state index contributed by atoms with van der Waals surface area (Å²) in [5, 5.41) is 0. The number of hydrogen-bond donors (Lipinski definition) is 0. The molecule has 1 heterocycles. The number of aromatic nitrogens is 1. The quantitative estimate of drug-likeness (QED) is 0.720. The number of carbonyl (C=O) groups is 1. The standard InChI is InChI=1S/C15H25NO4/c1-7-19-14(17)13-11(8-10(2)3)16-12(20-13)9-15(4,5)18-6/h10H,7-9H2,1-6H3. The minimum Gasteiger partial charge on any atom is -0.460 e. The van der Waals surface area contributed by atoms with Gasteiger partial charge in [0, 0.05) is 7.11 Å². The van der Waals surface area contributed by atoms with Gasteiger partial charge < -0.3 is 13.9 Å². The Hall–Kier alpha value is -1.36. The summed E-state index contributed by atoms with van der Waals surface area (Å²) in [6, 6.07) is 0. The number of methoxy groups -OCH3 is 1. The van der Waals surface area contributed by atoms with E-state index in [0.29, 0.717) is 37.0 Å². The molecule has 5 heteroatoms. The van der Waals surface area contributed by atoms with Gasteiger partial charge >= 0.3 is 5.97 Å². The number of esters is 1. The van der Waals surface area contributed by atoms with Crippen molar-refractivity contribution < 1.29 is 18.7 Å². The zero-order valence-electron chi connectivity index (χ0n) is 13.3. The van der Waals surface area contributed by atoms with Crippen molar-refractivity contribution in [2.24, 2.45) is 5.92 Å². The Bertz CT molecular complexity index is 449. The van der Waals surface area contributed by atoms with E-state index < -0.39 is 5.97 Å². The van der Waals surface area contributed by atoms with Crippen LogP contribution < -0.4 is 0 Å². The third-order valence-corrected chi connectivity index (χ3v) is 2.93. The second-order valence-electron chi connectivity index (χ2n) is 5.84. The summed E-state index contributed by atoms with van der Waals surface area (Å²) in [4.78, 5) is 16.3. The maximum Gasteiger partial charge on any atom is 0.376 e. The first-order valence-electron chi connectivity index (χ1n) is 7.00. The predicted molar refractivity (Wildman–Crippen MR) is 75.8 cm³/mol. The first-order valence-corrected chi connectivity index (χ1v) is 7.00. The lowest BCUT2D eigenvalue weighted by Gasteiger charge is -2.20. The molecule has 0 aliphatic heterocycles. The van der Waals surface area contributed by atoms with Crippen LogP contribution in [0.5, 0.6) is 0 Å². The van der Waals surface area contributed by atoms with Gasteiger partial charge in [-0.25, -0.2) is 9.78 Å². The van der Waals surface area contributed by atoms with E-state index >= 15 is 0 Å². The van der Waals surface area contributed by atoms with Crippen molar-refractivity contribution in [3.8, 4) is 0 Å². The molecule has 0 aliphatic carbocycles. The zero-order chi connectivity index (χ0) is 15.3. The normalized spacial score (nSPS) is 11.9. The maximum absolute atomic E-state index is 11.9. The van der Waals surface area contributed by atoms with E-state index in [4.69, 9.17) is 13.9 Å². The first-order chi connectivity index (χ1) is 9.29. The number of carbonyl (C=O) groups excluding carboxylic acids is 1. The van der Waals surface area contributed by atoms with Crippen LogP contribution in [0.25, 0.3) is 0 Å². The highest BCUT2D eigenvalue weighted by Crippen LogP contribution is 2.21. The van der Waals surface area contributed by atoms with Crippen LogP contribution in [0.2, 0.25) is 0 Å². The molecule has 0 atom stereocenters. The summed E-state index contributed by atoms with van der Waals surface area (Å²) in [6.07, 6.45) is 1.19. The second-order valence-corrected chi connectivity index (χ2v) is 5.84. The van der Waals surface area contributed by atoms with Crippen LogP contribution in [0.15, 0.2) is 4.42 Å². The molecule has 0 fully saturated rings. The van der Waals surface area contributed by atoms with Crippen LogP contribution in [-0.4, -0.2) is 30.3 Å². The minimum absolute atomic E-state index is 0.224. The van der Waals surface area contributed by atoms with Crippen LogP contribution in [-0.2, 0) is 22.3 Å². The number of rotatable bonds is 7. The largest absolute Gasteiger partial charge is 0.460 e.